The highest BCUT2D eigenvalue weighted by Crippen LogP contribution is 2.39. The van der Waals surface area contributed by atoms with Gasteiger partial charge in [0, 0.05) is 29.8 Å². The van der Waals surface area contributed by atoms with Crippen LogP contribution in [0.5, 0.6) is 0 Å². The zero-order chi connectivity index (χ0) is 20.7. The fourth-order valence-corrected chi connectivity index (χ4v) is 5.14. The minimum atomic E-state index is -1.19. The van der Waals surface area contributed by atoms with E-state index in [-0.39, 0.29) is 35.6 Å². The molecule has 5 nitrogen and oxygen atoms in total. The number of carbonyl (C=O) groups is 2. The number of aliphatic hydroxyl groups is 2. The number of rotatable bonds is 11. The van der Waals surface area contributed by atoms with Crippen molar-refractivity contribution in [2.45, 2.75) is 68.8 Å². The Morgan fingerprint density at radius 2 is 1.86 bits per heavy atom. The van der Waals surface area contributed by atoms with Gasteiger partial charge in [-0.1, -0.05) is 31.4 Å². The minimum absolute atomic E-state index is 0.0527. The lowest BCUT2D eigenvalue weighted by molar-refractivity contribution is -0.137. The molecule has 0 aromatic heterocycles. The van der Waals surface area contributed by atoms with Gasteiger partial charge in [0.05, 0.1) is 11.7 Å². The van der Waals surface area contributed by atoms with Gasteiger partial charge in [-0.2, -0.15) is 11.8 Å². The van der Waals surface area contributed by atoms with Gasteiger partial charge >= 0.3 is 5.97 Å². The van der Waals surface area contributed by atoms with E-state index in [9.17, 15) is 24.2 Å². The quantitative estimate of drug-likeness (QED) is 0.482. The Hall–Kier alpha value is -1.44. The van der Waals surface area contributed by atoms with Crippen molar-refractivity contribution in [1.82, 2.24) is 0 Å². The first-order valence-corrected chi connectivity index (χ1v) is 10.8. The molecule has 1 aromatic rings. The van der Waals surface area contributed by atoms with E-state index >= 15 is 0 Å². The van der Waals surface area contributed by atoms with Gasteiger partial charge in [-0.15, -0.1) is 0 Å². The summed E-state index contributed by atoms with van der Waals surface area (Å²) in [4.78, 5) is 22.8. The largest absolute Gasteiger partial charge is 0.481 e. The molecule has 1 saturated carbocycles. The predicted molar refractivity (Wildman–Crippen MR) is 107 cm³/mol. The number of Topliss-reactive ketones (excluding diaryl/α,β-unsaturated/α-hetero) is 1. The van der Waals surface area contributed by atoms with Crippen molar-refractivity contribution in [2.24, 2.45) is 5.92 Å². The number of unbranched alkanes of at least 4 members (excludes halogenated alkanes) is 3. The Balaban J connectivity index is 1.86. The third kappa shape index (κ3) is 6.57. The lowest BCUT2D eigenvalue weighted by Crippen LogP contribution is -2.30. The summed E-state index contributed by atoms with van der Waals surface area (Å²) in [6.07, 6.45) is 3.37. The third-order valence-electron chi connectivity index (χ3n) is 5.28. The molecule has 28 heavy (non-hydrogen) atoms. The molecule has 0 heterocycles. The number of benzene rings is 1. The second-order valence-electron chi connectivity index (χ2n) is 7.75. The van der Waals surface area contributed by atoms with Crippen molar-refractivity contribution < 1.29 is 29.3 Å². The van der Waals surface area contributed by atoms with Gasteiger partial charge in [-0.3, -0.25) is 9.59 Å². The molecule has 0 bridgehead atoms. The van der Waals surface area contributed by atoms with Crippen LogP contribution in [0.15, 0.2) is 24.3 Å². The Labute approximate surface area is 169 Å². The molecule has 1 aliphatic carbocycles. The van der Waals surface area contributed by atoms with E-state index in [0.29, 0.717) is 24.2 Å². The average molecular weight is 413 g/mol. The van der Waals surface area contributed by atoms with E-state index in [4.69, 9.17) is 5.11 Å². The number of thioether (sulfide) groups is 1. The molecule has 7 heteroatoms. The number of ketones is 1. The Morgan fingerprint density at radius 3 is 2.50 bits per heavy atom. The average Bonchev–Trinajstić information content (AvgIpc) is 2.89. The van der Waals surface area contributed by atoms with Crippen LogP contribution in [-0.4, -0.2) is 44.2 Å². The SMILES string of the molecule is CC(O)(CS[C@H]1C(O)CC(=O)[C@@H]1CCCCCCC(=O)O)c1ccc(F)cc1. The fourth-order valence-electron chi connectivity index (χ4n) is 3.62. The first kappa shape index (κ1) is 22.8. The summed E-state index contributed by atoms with van der Waals surface area (Å²) in [5.74, 6) is -1.06. The van der Waals surface area contributed by atoms with Crippen molar-refractivity contribution in [3.8, 4) is 0 Å². The molecule has 3 N–H and O–H groups in total. The van der Waals surface area contributed by atoms with Crippen molar-refractivity contribution in [3.63, 3.8) is 0 Å². The highest BCUT2D eigenvalue weighted by atomic mass is 32.2. The predicted octanol–water partition coefficient (Wildman–Crippen LogP) is 3.51. The van der Waals surface area contributed by atoms with Crippen LogP contribution < -0.4 is 0 Å². The topological polar surface area (TPSA) is 94.8 Å². The number of aliphatic hydroxyl groups excluding tert-OH is 1. The van der Waals surface area contributed by atoms with E-state index in [0.717, 1.165) is 19.3 Å². The second-order valence-corrected chi connectivity index (χ2v) is 8.91. The summed E-state index contributed by atoms with van der Waals surface area (Å²) < 4.78 is 13.1. The van der Waals surface area contributed by atoms with E-state index in [1.165, 1.54) is 23.9 Å². The molecular formula is C21H29FO5S. The molecular weight excluding hydrogens is 383 g/mol. The Kier molecular flexibility index (Phi) is 8.46. The van der Waals surface area contributed by atoms with E-state index in [1.54, 1.807) is 19.1 Å². The fraction of sp³-hybridized carbons (Fsp3) is 0.619. The molecule has 0 saturated heterocycles. The Morgan fingerprint density at radius 1 is 1.21 bits per heavy atom. The van der Waals surface area contributed by atoms with Gasteiger partial charge in [0.25, 0.3) is 0 Å². The molecule has 2 rings (SSSR count). The van der Waals surface area contributed by atoms with Crippen molar-refractivity contribution in [3.05, 3.63) is 35.6 Å². The third-order valence-corrected chi connectivity index (χ3v) is 7.03. The number of hydrogen-bond acceptors (Lipinski definition) is 5. The van der Waals surface area contributed by atoms with Crippen molar-refractivity contribution in [2.75, 3.05) is 5.75 Å². The highest BCUT2D eigenvalue weighted by molar-refractivity contribution is 8.00. The molecule has 4 atom stereocenters. The zero-order valence-electron chi connectivity index (χ0n) is 16.1. The van der Waals surface area contributed by atoms with Crippen LogP contribution >= 0.6 is 11.8 Å². The first-order chi connectivity index (χ1) is 13.2. The standard InChI is InChI=1S/C21H29FO5S/c1-21(27,14-8-10-15(22)11-9-14)13-28-20-16(17(23)12-18(20)24)6-4-2-3-5-7-19(25)26/h8-11,16,18,20,24,27H,2-7,12-13H2,1H3,(H,25,26)/t16-,18?,20+,21?/m0/s1. The maximum atomic E-state index is 13.1. The van der Waals surface area contributed by atoms with Gasteiger partial charge < -0.3 is 15.3 Å². The van der Waals surface area contributed by atoms with E-state index in [2.05, 4.69) is 0 Å². The molecule has 2 unspecified atom stereocenters. The molecule has 0 aliphatic heterocycles. The molecule has 0 radical (unpaired) electrons. The van der Waals surface area contributed by atoms with Gasteiger partial charge in [-0.05, 0) is 37.5 Å². The molecule has 1 aromatic carbocycles. The van der Waals surface area contributed by atoms with E-state index in [1.807, 2.05) is 0 Å². The number of carboxylic acid groups (broad SMARTS) is 1. The van der Waals surface area contributed by atoms with Crippen molar-refractivity contribution in [1.29, 1.82) is 0 Å². The second kappa shape index (κ2) is 10.4. The number of halogens is 1. The maximum Gasteiger partial charge on any atom is 0.303 e. The van der Waals surface area contributed by atoms with Crippen LogP contribution in [0.1, 0.15) is 57.4 Å². The number of carboxylic acids is 1. The maximum absolute atomic E-state index is 13.1. The Bertz CT molecular complexity index is 661. The van der Waals surface area contributed by atoms with Crippen LogP contribution in [0.3, 0.4) is 0 Å². The molecule has 0 amide bonds. The lowest BCUT2D eigenvalue weighted by Gasteiger charge is -2.28. The normalized spacial score (nSPS) is 24.3. The van der Waals surface area contributed by atoms with Crippen molar-refractivity contribution >= 4 is 23.5 Å². The van der Waals surface area contributed by atoms with Gasteiger partial charge in [0.2, 0.25) is 0 Å². The molecule has 0 spiro atoms. The first-order valence-electron chi connectivity index (χ1n) is 9.73. The van der Waals surface area contributed by atoms with Crippen LogP contribution in [0.2, 0.25) is 0 Å². The smallest absolute Gasteiger partial charge is 0.303 e. The highest BCUT2D eigenvalue weighted by Gasteiger charge is 2.42. The zero-order valence-corrected chi connectivity index (χ0v) is 17.0. The molecule has 1 fully saturated rings. The minimum Gasteiger partial charge on any atom is -0.481 e. The molecule has 156 valence electrons. The van der Waals surface area contributed by atoms with Crippen LogP contribution in [0.25, 0.3) is 0 Å². The molecule has 1 aliphatic rings. The van der Waals surface area contributed by atoms with E-state index < -0.39 is 17.7 Å². The number of hydrogen-bond donors (Lipinski definition) is 3. The van der Waals surface area contributed by atoms with Gasteiger partial charge in [0.1, 0.15) is 11.6 Å². The summed E-state index contributed by atoms with van der Waals surface area (Å²) in [7, 11) is 0. The summed E-state index contributed by atoms with van der Waals surface area (Å²) in [5.41, 5.74) is -0.597. The summed E-state index contributed by atoms with van der Waals surface area (Å²) >= 11 is 1.39. The van der Waals surface area contributed by atoms with Gasteiger partial charge in [0.15, 0.2) is 0 Å². The number of aliphatic carboxylic acids is 1. The van der Waals surface area contributed by atoms with Crippen LogP contribution in [-0.2, 0) is 15.2 Å². The number of carbonyl (C=O) groups excluding carboxylic acids is 1. The van der Waals surface area contributed by atoms with Gasteiger partial charge in [-0.25, -0.2) is 4.39 Å². The summed E-state index contributed by atoms with van der Waals surface area (Å²) in [6, 6.07) is 5.69. The van der Waals surface area contributed by atoms with Crippen LogP contribution in [0, 0.1) is 11.7 Å². The summed E-state index contributed by atoms with van der Waals surface area (Å²) in [6.45, 7) is 1.65. The lowest BCUT2D eigenvalue weighted by atomic mass is 9.97. The monoisotopic (exact) mass is 412 g/mol. The van der Waals surface area contributed by atoms with Crippen LogP contribution in [0.4, 0.5) is 4.39 Å². The summed E-state index contributed by atoms with van der Waals surface area (Å²) in [5, 5.41) is 29.4.